The van der Waals surface area contributed by atoms with E-state index in [-0.39, 0.29) is 5.56 Å². The SMILES string of the molecule is CN1C(=c2sc(=Cc3scc[n+]3Cc3ccccc3)n(C3CC3)c2=O)Sc2cc(Cl)ccc21. The Hall–Kier alpha value is -2.32. The van der Waals surface area contributed by atoms with E-state index in [1.165, 1.54) is 5.56 Å². The van der Waals surface area contributed by atoms with Gasteiger partial charge in [0.05, 0.1) is 17.1 Å². The molecular formula is C25H21ClN3OS3+. The van der Waals surface area contributed by atoms with Crippen LogP contribution in [0.3, 0.4) is 0 Å². The van der Waals surface area contributed by atoms with Gasteiger partial charge in [-0.05, 0) is 31.0 Å². The van der Waals surface area contributed by atoms with E-state index >= 15 is 0 Å². The predicted octanol–water partition coefficient (Wildman–Crippen LogP) is 4.43. The van der Waals surface area contributed by atoms with Gasteiger partial charge in [-0.25, -0.2) is 0 Å². The summed E-state index contributed by atoms with van der Waals surface area (Å²) in [5.41, 5.74) is 2.47. The molecule has 4 aromatic rings. The third kappa shape index (κ3) is 3.97. The Morgan fingerprint density at radius 1 is 1.18 bits per heavy atom. The quantitative estimate of drug-likeness (QED) is 0.380. The molecule has 2 aliphatic rings. The fourth-order valence-electron chi connectivity index (χ4n) is 4.10. The maximum Gasteiger partial charge on any atom is 0.272 e. The first-order chi connectivity index (χ1) is 16.1. The molecule has 0 radical (unpaired) electrons. The molecule has 3 heterocycles. The first-order valence-electron chi connectivity index (χ1n) is 10.8. The van der Waals surface area contributed by atoms with Crippen LogP contribution < -0.4 is 24.2 Å². The molecular weight excluding hydrogens is 490 g/mol. The number of benzene rings is 2. The fourth-order valence-corrected chi connectivity index (χ4v) is 7.68. The van der Waals surface area contributed by atoms with E-state index in [4.69, 9.17) is 11.6 Å². The van der Waals surface area contributed by atoms with Crippen molar-refractivity contribution in [2.75, 3.05) is 11.9 Å². The lowest BCUT2D eigenvalue weighted by Gasteiger charge is -2.12. The van der Waals surface area contributed by atoms with Gasteiger partial charge in [-0.1, -0.05) is 65.0 Å². The number of fused-ring (bicyclic) bond motifs is 1. The van der Waals surface area contributed by atoms with Gasteiger partial charge in [0.15, 0.2) is 12.7 Å². The Morgan fingerprint density at radius 3 is 2.79 bits per heavy atom. The Labute approximate surface area is 208 Å². The van der Waals surface area contributed by atoms with Gasteiger partial charge in [-0.15, -0.1) is 11.3 Å². The van der Waals surface area contributed by atoms with Crippen molar-refractivity contribution in [1.82, 2.24) is 4.57 Å². The van der Waals surface area contributed by atoms with Gasteiger partial charge in [0, 0.05) is 28.6 Å². The smallest absolute Gasteiger partial charge is 0.272 e. The molecule has 2 aromatic heterocycles. The van der Waals surface area contributed by atoms with Gasteiger partial charge >= 0.3 is 0 Å². The second-order valence-corrected chi connectivity index (χ2v) is 11.7. The van der Waals surface area contributed by atoms with Crippen LogP contribution in [0, 0.1) is 0 Å². The van der Waals surface area contributed by atoms with Crippen LogP contribution in [-0.2, 0) is 6.54 Å². The minimum absolute atomic E-state index is 0.119. The zero-order valence-electron chi connectivity index (χ0n) is 17.9. The second-order valence-electron chi connectivity index (χ2n) is 8.25. The summed E-state index contributed by atoms with van der Waals surface area (Å²) >= 11 is 11.2. The largest absolute Gasteiger partial charge is 0.337 e. The molecule has 0 amide bonds. The van der Waals surface area contributed by atoms with E-state index in [2.05, 4.69) is 51.4 Å². The second kappa shape index (κ2) is 8.47. The van der Waals surface area contributed by atoms with Gasteiger partial charge < -0.3 is 4.90 Å². The van der Waals surface area contributed by atoms with Crippen LogP contribution in [0.2, 0.25) is 5.02 Å². The van der Waals surface area contributed by atoms with Crippen molar-refractivity contribution >= 4 is 62.8 Å². The van der Waals surface area contributed by atoms with Crippen molar-refractivity contribution in [3.63, 3.8) is 0 Å². The van der Waals surface area contributed by atoms with Gasteiger partial charge in [0.25, 0.3) is 10.6 Å². The molecule has 0 spiro atoms. The summed E-state index contributed by atoms with van der Waals surface area (Å²) in [5.74, 6) is 0. The average molecular weight is 511 g/mol. The van der Waals surface area contributed by atoms with Crippen molar-refractivity contribution in [1.29, 1.82) is 0 Å². The summed E-state index contributed by atoms with van der Waals surface area (Å²) in [6.07, 6.45) is 6.44. The third-order valence-electron chi connectivity index (χ3n) is 5.91. The van der Waals surface area contributed by atoms with Crippen LogP contribution in [-0.4, -0.2) is 11.6 Å². The Morgan fingerprint density at radius 2 is 2.00 bits per heavy atom. The average Bonchev–Trinajstić information content (AvgIpc) is 3.36. The summed E-state index contributed by atoms with van der Waals surface area (Å²) in [7, 11) is 2.03. The van der Waals surface area contributed by atoms with Crippen LogP contribution >= 0.6 is 46.0 Å². The third-order valence-corrected chi connectivity index (χ3v) is 9.44. The van der Waals surface area contributed by atoms with Crippen molar-refractivity contribution in [3.05, 3.63) is 95.3 Å². The molecule has 1 aliphatic heterocycles. The van der Waals surface area contributed by atoms with Crippen LogP contribution in [0.5, 0.6) is 0 Å². The number of rotatable bonds is 4. The van der Waals surface area contributed by atoms with Crippen molar-refractivity contribution < 1.29 is 4.57 Å². The minimum Gasteiger partial charge on any atom is -0.337 e. The lowest BCUT2D eigenvalue weighted by molar-refractivity contribution is -0.685. The molecule has 33 heavy (non-hydrogen) atoms. The monoisotopic (exact) mass is 510 g/mol. The van der Waals surface area contributed by atoms with Gasteiger partial charge in [0.2, 0.25) is 0 Å². The van der Waals surface area contributed by atoms with Crippen LogP contribution in [0.25, 0.3) is 11.1 Å². The van der Waals surface area contributed by atoms with Gasteiger partial charge in [-0.2, -0.15) is 4.57 Å². The zero-order chi connectivity index (χ0) is 22.5. The summed E-state index contributed by atoms with van der Waals surface area (Å²) in [6.45, 7) is 0.814. The number of thiazole rings is 2. The lowest BCUT2D eigenvalue weighted by Crippen LogP contribution is -2.36. The lowest BCUT2D eigenvalue weighted by atomic mass is 10.2. The highest BCUT2D eigenvalue weighted by molar-refractivity contribution is 8.08. The minimum atomic E-state index is 0.119. The number of hydrogen-bond donors (Lipinski definition) is 0. The predicted molar refractivity (Wildman–Crippen MR) is 139 cm³/mol. The molecule has 1 aliphatic carbocycles. The Kier molecular flexibility index (Phi) is 5.45. The molecule has 1 fully saturated rings. The first-order valence-corrected chi connectivity index (χ1v) is 13.7. The maximum atomic E-state index is 13.6. The van der Waals surface area contributed by atoms with Gasteiger partial charge in [0.1, 0.15) is 14.2 Å². The zero-order valence-corrected chi connectivity index (χ0v) is 21.1. The number of anilines is 1. The maximum absolute atomic E-state index is 13.6. The van der Waals surface area contributed by atoms with E-state index in [9.17, 15) is 4.79 Å². The molecule has 6 rings (SSSR count). The summed E-state index contributed by atoms with van der Waals surface area (Å²) in [5, 5.41) is 4.96. The summed E-state index contributed by atoms with van der Waals surface area (Å²) in [6, 6.07) is 16.7. The number of aromatic nitrogens is 2. The van der Waals surface area contributed by atoms with Crippen LogP contribution in [0.4, 0.5) is 5.69 Å². The molecule has 4 nitrogen and oxygen atoms in total. The Balaban J connectivity index is 1.48. The van der Waals surface area contributed by atoms with Crippen molar-refractivity contribution in [3.8, 4) is 0 Å². The van der Waals surface area contributed by atoms with Crippen molar-refractivity contribution in [2.45, 2.75) is 30.3 Å². The van der Waals surface area contributed by atoms with E-state index < -0.39 is 0 Å². The molecule has 1 saturated carbocycles. The van der Waals surface area contributed by atoms with Crippen LogP contribution in [0.15, 0.2) is 69.8 Å². The topological polar surface area (TPSA) is 29.1 Å². The first kappa shape index (κ1) is 21.2. The number of thioether (sulfide) groups is 1. The van der Waals surface area contributed by atoms with E-state index in [0.29, 0.717) is 11.1 Å². The summed E-state index contributed by atoms with van der Waals surface area (Å²) in [4.78, 5) is 16.8. The Bertz CT molecular complexity index is 1530. The number of halogens is 1. The number of nitrogens with zero attached hydrogens (tertiary/aromatic N) is 3. The van der Waals surface area contributed by atoms with E-state index in [1.807, 2.05) is 35.9 Å². The molecule has 0 saturated heterocycles. The van der Waals surface area contributed by atoms with Gasteiger partial charge in [-0.3, -0.25) is 9.36 Å². The summed E-state index contributed by atoms with van der Waals surface area (Å²) < 4.78 is 6.10. The highest BCUT2D eigenvalue weighted by Crippen LogP contribution is 2.46. The molecule has 0 unspecified atom stereocenters. The molecule has 0 atom stereocenters. The van der Waals surface area contributed by atoms with E-state index in [1.54, 1.807) is 34.4 Å². The highest BCUT2D eigenvalue weighted by Gasteiger charge is 2.30. The molecule has 2 aromatic carbocycles. The van der Waals surface area contributed by atoms with E-state index in [0.717, 1.165) is 49.2 Å². The number of hydrogen-bond acceptors (Lipinski definition) is 5. The molecule has 8 heteroatoms. The van der Waals surface area contributed by atoms with Crippen LogP contribution in [0.1, 0.15) is 29.5 Å². The molecule has 0 N–H and O–H groups in total. The molecule has 0 bridgehead atoms. The van der Waals surface area contributed by atoms with Crippen molar-refractivity contribution in [2.24, 2.45) is 0 Å². The molecule has 166 valence electrons. The standard InChI is InChI=1S/C25H21ClN3OS3/c1-27-19-10-7-17(26)13-20(19)32-25(27)23-24(30)29(18-8-9-18)22(33-23)14-21-28(11-12-31-21)15-16-5-3-2-4-6-16/h2-7,10-14,18H,8-9,15H2,1H3/q+1. The fraction of sp³-hybridized carbons (Fsp3) is 0.200. The highest BCUT2D eigenvalue weighted by atomic mass is 35.5. The normalized spacial score (nSPS) is 17.6.